The molecule has 0 spiro atoms. The van der Waals surface area contributed by atoms with Crippen molar-refractivity contribution in [1.29, 1.82) is 0 Å². The van der Waals surface area contributed by atoms with Gasteiger partial charge in [0, 0.05) is 6.54 Å². The van der Waals surface area contributed by atoms with E-state index in [1.54, 1.807) is 0 Å². The maximum absolute atomic E-state index is 6.09. The summed E-state index contributed by atoms with van der Waals surface area (Å²) >= 11 is 0. The van der Waals surface area contributed by atoms with E-state index in [9.17, 15) is 0 Å². The van der Waals surface area contributed by atoms with Crippen LogP contribution in [0.1, 0.15) is 33.6 Å². The molecule has 0 atom stereocenters. The third-order valence-electron chi connectivity index (χ3n) is 4.07. The number of hydrogen-bond acceptors (Lipinski definition) is 3. The Hall–Kier alpha value is 0.0969. The van der Waals surface area contributed by atoms with E-state index in [0.29, 0.717) is 0 Å². The standard InChI is InChI=1S/C13H29NO2Si/c1-12(2,3)17(5,6)16-10-9-15-13(7-8-13)11-14-4/h14H,7-11H2,1-6H3. The highest BCUT2D eigenvalue weighted by atomic mass is 28.4. The number of hydrogen-bond donors (Lipinski definition) is 1. The van der Waals surface area contributed by atoms with E-state index < -0.39 is 8.32 Å². The molecule has 0 aromatic heterocycles. The quantitative estimate of drug-likeness (QED) is 0.563. The van der Waals surface area contributed by atoms with E-state index in [4.69, 9.17) is 9.16 Å². The van der Waals surface area contributed by atoms with Crippen molar-refractivity contribution in [1.82, 2.24) is 5.32 Å². The second-order valence-corrected chi connectivity index (χ2v) is 11.5. The number of rotatable bonds is 7. The lowest BCUT2D eigenvalue weighted by molar-refractivity contribution is 0.0148. The zero-order valence-electron chi connectivity index (χ0n) is 12.4. The van der Waals surface area contributed by atoms with Crippen LogP contribution in [0.4, 0.5) is 0 Å². The second-order valence-electron chi connectivity index (χ2n) is 6.67. The highest BCUT2D eigenvalue weighted by molar-refractivity contribution is 6.74. The van der Waals surface area contributed by atoms with Gasteiger partial charge in [0.1, 0.15) is 0 Å². The van der Waals surface area contributed by atoms with Gasteiger partial charge in [0.25, 0.3) is 0 Å². The molecule has 102 valence electrons. The summed E-state index contributed by atoms with van der Waals surface area (Å²) in [5.41, 5.74) is 0.130. The van der Waals surface area contributed by atoms with E-state index in [0.717, 1.165) is 19.8 Å². The van der Waals surface area contributed by atoms with Crippen molar-refractivity contribution >= 4 is 8.32 Å². The monoisotopic (exact) mass is 259 g/mol. The summed E-state index contributed by atoms with van der Waals surface area (Å²) in [6, 6.07) is 0. The molecule has 3 nitrogen and oxygen atoms in total. The minimum atomic E-state index is -1.59. The molecule has 0 heterocycles. The fourth-order valence-electron chi connectivity index (χ4n) is 1.61. The molecule has 0 aliphatic heterocycles. The number of nitrogens with one attached hydrogen (secondary N) is 1. The number of likely N-dealkylation sites (N-methyl/N-ethyl adjacent to an activating group) is 1. The van der Waals surface area contributed by atoms with E-state index >= 15 is 0 Å². The highest BCUT2D eigenvalue weighted by Gasteiger charge is 2.43. The van der Waals surface area contributed by atoms with Gasteiger partial charge in [-0.1, -0.05) is 20.8 Å². The Kier molecular flexibility index (Phi) is 4.80. The van der Waals surface area contributed by atoms with Crippen LogP contribution in [0.5, 0.6) is 0 Å². The lowest BCUT2D eigenvalue weighted by Crippen LogP contribution is -2.42. The Morgan fingerprint density at radius 1 is 1.18 bits per heavy atom. The second kappa shape index (κ2) is 5.39. The SMILES string of the molecule is CNCC1(OCCO[Si](C)(C)C(C)(C)C)CC1. The first-order valence-electron chi connectivity index (χ1n) is 6.65. The van der Waals surface area contributed by atoms with Gasteiger partial charge in [0.15, 0.2) is 8.32 Å². The molecular formula is C13H29NO2Si. The minimum absolute atomic E-state index is 0.130. The van der Waals surface area contributed by atoms with Crippen molar-refractivity contribution in [3.63, 3.8) is 0 Å². The molecule has 0 unspecified atom stereocenters. The largest absolute Gasteiger partial charge is 0.414 e. The van der Waals surface area contributed by atoms with Gasteiger partial charge in [-0.25, -0.2) is 0 Å². The van der Waals surface area contributed by atoms with E-state index in [1.165, 1.54) is 12.8 Å². The smallest absolute Gasteiger partial charge is 0.192 e. The summed E-state index contributed by atoms with van der Waals surface area (Å²) in [5.74, 6) is 0. The van der Waals surface area contributed by atoms with Gasteiger partial charge in [0.2, 0.25) is 0 Å². The normalized spacial score (nSPS) is 19.4. The molecule has 0 aromatic carbocycles. The van der Waals surface area contributed by atoms with Crippen LogP contribution in [-0.4, -0.2) is 40.7 Å². The van der Waals surface area contributed by atoms with Gasteiger partial charge in [-0.05, 0) is 38.0 Å². The minimum Gasteiger partial charge on any atom is -0.414 e. The molecule has 1 fully saturated rings. The third kappa shape index (κ3) is 4.36. The fraction of sp³-hybridized carbons (Fsp3) is 1.00. The van der Waals surface area contributed by atoms with Crippen LogP contribution in [0.25, 0.3) is 0 Å². The van der Waals surface area contributed by atoms with Crippen molar-refractivity contribution < 1.29 is 9.16 Å². The summed E-state index contributed by atoms with van der Waals surface area (Å²) in [6.07, 6.45) is 2.38. The third-order valence-corrected chi connectivity index (χ3v) is 8.61. The van der Waals surface area contributed by atoms with Crippen LogP contribution in [0.2, 0.25) is 18.1 Å². The molecule has 0 amide bonds. The first-order chi connectivity index (χ1) is 7.72. The molecule has 0 radical (unpaired) electrons. The van der Waals surface area contributed by atoms with Gasteiger partial charge in [-0.15, -0.1) is 0 Å². The Labute approximate surface area is 107 Å². The van der Waals surface area contributed by atoms with Crippen LogP contribution in [0.15, 0.2) is 0 Å². The topological polar surface area (TPSA) is 30.5 Å². The number of ether oxygens (including phenoxy) is 1. The lowest BCUT2D eigenvalue weighted by Gasteiger charge is -2.36. The Morgan fingerprint density at radius 2 is 1.76 bits per heavy atom. The first-order valence-corrected chi connectivity index (χ1v) is 9.56. The van der Waals surface area contributed by atoms with Crippen LogP contribution in [-0.2, 0) is 9.16 Å². The fourth-order valence-corrected chi connectivity index (χ4v) is 2.63. The van der Waals surface area contributed by atoms with Gasteiger partial charge >= 0.3 is 0 Å². The van der Waals surface area contributed by atoms with Crippen molar-refractivity contribution in [2.75, 3.05) is 26.8 Å². The van der Waals surface area contributed by atoms with E-state index in [2.05, 4.69) is 39.2 Å². The van der Waals surface area contributed by atoms with Gasteiger partial charge in [0.05, 0.1) is 18.8 Å². The van der Waals surface area contributed by atoms with E-state index in [1.807, 2.05) is 7.05 Å². The average Bonchev–Trinajstić information content (AvgIpc) is 2.92. The van der Waals surface area contributed by atoms with Crippen molar-refractivity contribution in [3.05, 3.63) is 0 Å². The molecule has 1 aliphatic carbocycles. The highest BCUT2D eigenvalue weighted by Crippen LogP contribution is 2.39. The zero-order chi connectivity index (χ0) is 13.2. The Bertz CT molecular complexity index is 244. The summed E-state index contributed by atoms with van der Waals surface area (Å²) in [7, 11) is 0.387. The van der Waals surface area contributed by atoms with Crippen LogP contribution >= 0.6 is 0 Å². The summed E-state index contributed by atoms with van der Waals surface area (Å²) in [4.78, 5) is 0. The molecular weight excluding hydrogens is 230 g/mol. The molecule has 4 heteroatoms. The van der Waals surface area contributed by atoms with Crippen molar-refractivity contribution in [3.8, 4) is 0 Å². The Balaban J connectivity index is 2.20. The van der Waals surface area contributed by atoms with Crippen LogP contribution < -0.4 is 5.32 Å². The summed E-state index contributed by atoms with van der Waals surface area (Å²) < 4.78 is 12.0. The molecule has 1 saturated carbocycles. The van der Waals surface area contributed by atoms with Crippen LogP contribution in [0.3, 0.4) is 0 Å². The maximum Gasteiger partial charge on any atom is 0.192 e. The summed E-state index contributed by atoms with van der Waals surface area (Å²) in [6.45, 7) is 13.8. The molecule has 17 heavy (non-hydrogen) atoms. The van der Waals surface area contributed by atoms with Gasteiger partial charge in [-0.2, -0.15) is 0 Å². The first kappa shape index (κ1) is 15.2. The lowest BCUT2D eigenvalue weighted by atomic mass is 10.2. The van der Waals surface area contributed by atoms with E-state index in [-0.39, 0.29) is 10.6 Å². The molecule has 0 saturated heterocycles. The van der Waals surface area contributed by atoms with Crippen LogP contribution in [0, 0.1) is 0 Å². The zero-order valence-corrected chi connectivity index (χ0v) is 13.4. The maximum atomic E-state index is 6.09. The average molecular weight is 259 g/mol. The Morgan fingerprint density at radius 3 is 2.18 bits per heavy atom. The van der Waals surface area contributed by atoms with Gasteiger partial charge in [-0.3, -0.25) is 0 Å². The molecule has 0 bridgehead atoms. The summed E-state index contributed by atoms with van der Waals surface area (Å²) in [5, 5.41) is 3.48. The molecule has 1 aliphatic rings. The predicted octanol–water partition coefficient (Wildman–Crippen LogP) is 2.78. The van der Waals surface area contributed by atoms with Crippen molar-refractivity contribution in [2.24, 2.45) is 0 Å². The molecule has 1 rings (SSSR count). The van der Waals surface area contributed by atoms with Gasteiger partial charge < -0.3 is 14.5 Å². The molecule has 0 aromatic rings. The predicted molar refractivity (Wildman–Crippen MR) is 75.0 cm³/mol. The molecule has 1 N–H and O–H groups in total. The van der Waals surface area contributed by atoms with Crippen molar-refractivity contribution in [2.45, 2.75) is 57.3 Å².